The predicted octanol–water partition coefficient (Wildman–Crippen LogP) is 2.79. The van der Waals surface area contributed by atoms with Gasteiger partial charge in [-0.25, -0.2) is 0 Å². The first-order chi connectivity index (χ1) is 7.72. The molecule has 3 nitrogen and oxygen atoms in total. The lowest BCUT2D eigenvalue weighted by Crippen LogP contribution is -2.33. The van der Waals surface area contributed by atoms with Crippen LogP contribution in [-0.4, -0.2) is 29.1 Å². The number of amidine groups is 1. The molecule has 0 unspecified atom stereocenters. The Hall–Kier alpha value is -0.770. The standard InChI is InChI=1S/C12H18N2OS/c1-3-9(2)10-11(15)13-12(16-10)14-7-5-4-6-8-14/h3-8H2,1-2H3. The summed E-state index contributed by atoms with van der Waals surface area (Å²) in [6, 6.07) is 0. The molecule has 4 heteroatoms. The SMILES string of the molecule is CCC(C)=C1SC(N2CCCCC2)=NC1=O. The van der Waals surface area contributed by atoms with Crippen molar-refractivity contribution in [3.63, 3.8) is 0 Å². The van der Waals surface area contributed by atoms with Crippen molar-refractivity contribution in [1.82, 2.24) is 4.90 Å². The Balaban J connectivity index is 2.09. The maximum Gasteiger partial charge on any atom is 0.286 e. The van der Waals surface area contributed by atoms with Crippen LogP contribution in [0.3, 0.4) is 0 Å². The van der Waals surface area contributed by atoms with Gasteiger partial charge in [0.25, 0.3) is 5.91 Å². The van der Waals surface area contributed by atoms with E-state index in [2.05, 4.69) is 16.8 Å². The largest absolute Gasteiger partial charge is 0.351 e. The van der Waals surface area contributed by atoms with Crippen LogP contribution in [0.15, 0.2) is 15.5 Å². The summed E-state index contributed by atoms with van der Waals surface area (Å²) < 4.78 is 0. The lowest BCUT2D eigenvalue weighted by molar-refractivity contribution is -0.113. The van der Waals surface area contributed by atoms with E-state index in [0.717, 1.165) is 35.2 Å². The molecule has 0 spiro atoms. The van der Waals surface area contributed by atoms with Gasteiger partial charge in [-0.15, -0.1) is 0 Å². The highest BCUT2D eigenvalue weighted by atomic mass is 32.2. The molecule has 0 N–H and O–H groups in total. The Labute approximate surface area is 101 Å². The highest BCUT2D eigenvalue weighted by Crippen LogP contribution is 2.32. The van der Waals surface area contributed by atoms with Crippen LogP contribution in [0.1, 0.15) is 39.5 Å². The number of hydrogen-bond acceptors (Lipinski definition) is 3. The maximum atomic E-state index is 11.7. The zero-order valence-electron chi connectivity index (χ0n) is 9.95. The molecule has 0 bridgehead atoms. The van der Waals surface area contributed by atoms with Gasteiger partial charge in [-0.1, -0.05) is 12.5 Å². The summed E-state index contributed by atoms with van der Waals surface area (Å²) in [5, 5.41) is 0.924. The lowest BCUT2D eigenvalue weighted by atomic mass is 10.1. The van der Waals surface area contributed by atoms with Crippen molar-refractivity contribution in [2.24, 2.45) is 4.99 Å². The minimum atomic E-state index is -0.0371. The molecule has 1 fully saturated rings. The van der Waals surface area contributed by atoms with Gasteiger partial charge >= 0.3 is 0 Å². The number of carbonyl (C=O) groups is 1. The first-order valence-corrected chi connectivity index (χ1v) is 6.79. The van der Waals surface area contributed by atoms with Gasteiger partial charge in [0.1, 0.15) is 0 Å². The van der Waals surface area contributed by atoms with Crippen molar-refractivity contribution in [3.8, 4) is 0 Å². The lowest BCUT2D eigenvalue weighted by Gasteiger charge is -2.27. The molecule has 16 heavy (non-hydrogen) atoms. The zero-order chi connectivity index (χ0) is 11.5. The molecule has 1 amide bonds. The normalized spacial score (nSPS) is 24.8. The van der Waals surface area contributed by atoms with E-state index in [4.69, 9.17) is 0 Å². The van der Waals surface area contributed by atoms with E-state index in [1.807, 2.05) is 6.92 Å². The van der Waals surface area contributed by atoms with Crippen molar-refractivity contribution in [3.05, 3.63) is 10.5 Å². The summed E-state index contributed by atoms with van der Waals surface area (Å²) in [7, 11) is 0. The molecule has 0 aromatic rings. The first-order valence-electron chi connectivity index (χ1n) is 5.98. The van der Waals surface area contributed by atoms with Crippen molar-refractivity contribution in [2.75, 3.05) is 13.1 Å². The fourth-order valence-corrected chi connectivity index (χ4v) is 3.02. The number of hydrogen-bond donors (Lipinski definition) is 0. The second-order valence-electron chi connectivity index (χ2n) is 4.31. The van der Waals surface area contributed by atoms with Crippen LogP contribution in [0, 0.1) is 0 Å². The monoisotopic (exact) mass is 238 g/mol. The van der Waals surface area contributed by atoms with Crippen molar-refractivity contribution in [1.29, 1.82) is 0 Å². The molecule has 1 saturated heterocycles. The molecule has 0 aromatic carbocycles. The molecule has 0 aliphatic carbocycles. The third-order valence-corrected chi connectivity index (χ3v) is 4.39. The number of aliphatic imine (C=N–C) groups is 1. The summed E-state index contributed by atoms with van der Waals surface area (Å²) >= 11 is 1.56. The Morgan fingerprint density at radius 3 is 2.69 bits per heavy atom. The van der Waals surface area contributed by atoms with E-state index in [1.165, 1.54) is 19.3 Å². The van der Waals surface area contributed by atoms with Crippen LogP contribution < -0.4 is 0 Å². The highest BCUT2D eigenvalue weighted by Gasteiger charge is 2.27. The van der Waals surface area contributed by atoms with Gasteiger partial charge in [0, 0.05) is 13.1 Å². The number of amides is 1. The fourth-order valence-electron chi connectivity index (χ4n) is 1.95. The highest BCUT2D eigenvalue weighted by molar-refractivity contribution is 8.18. The van der Waals surface area contributed by atoms with Gasteiger partial charge in [0.15, 0.2) is 5.17 Å². The molecule has 2 rings (SSSR count). The molecule has 0 saturated carbocycles. The summed E-state index contributed by atoms with van der Waals surface area (Å²) in [4.78, 5) is 19.0. The summed E-state index contributed by atoms with van der Waals surface area (Å²) in [5.41, 5.74) is 1.16. The zero-order valence-corrected chi connectivity index (χ0v) is 10.8. The summed E-state index contributed by atoms with van der Waals surface area (Å²) in [6.07, 6.45) is 4.68. The minimum absolute atomic E-state index is 0.0371. The van der Waals surface area contributed by atoms with Gasteiger partial charge < -0.3 is 4.90 Å². The molecule has 2 aliphatic heterocycles. The molecular weight excluding hydrogens is 220 g/mol. The topological polar surface area (TPSA) is 32.7 Å². The summed E-state index contributed by atoms with van der Waals surface area (Å²) in [6.45, 7) is 6.21. The van der Waals surface area contributed by atoms with Crippen LogP contribution in [0.4, 0.5) is 0 Å². The molecule has 2 heterocycles. The Morgan fingerprint density at radius 1 is 1.38 bits per heavy atom. The van der Waals surface area contributed by atoms with Gasteiger partial charge in [-0.2, -0.15) is 4.99 Å². The predicted molar refractivity (Wildman–Crippen MR) is 68.4 cm³/mol. The third-order valence-electron chi connectivity index (χ3n) is 3.13. The van der Waals surface area contributed by atoms with Crippen LogP contribution in [0.2, 0.25) is 0 Å². The van der Waals surface area contributed by atoms with E-state index in [0.29, 0.717) is 0 Å². The number of rotatable bonds is 1. The van der Waals surface area contributed by atoms with Crippen molar-refractivity contribution >= 4 is 22.8 Å². The van der Waals surface area contributed by atoms with E-state index >= 15 is 0 Å². The molecule has 0 aromatic heterocycles. The van der Waals surface area contributed by atoms with E-state index in [-0.39, 0.29) is 5.91 Å². The summed E-state index contributed by atoms with van der Waals surface area (Å²) in [5.74, 6) is -0.0371. The van der Waals surface area contributed by atoms with Gasteiger partial charge in [-0.3, -0.25) is 4.79 Å². The first kappa shape index (κ1) is 11.7. The third kappa shape index (κ3) is 2.32. The van der Waals surface area contributed by atoms with Gasteiger partial charge in [0.05, 0.1) is 4.91 Å². The quantitative estimate of drug-likeness (QED) is 0.658. The average molecular weight is 238 g/mol. The fraction of sp³-hybridized carbons (Fsp3) is 0.667. The number of nitrogens with zero attached hydrogens (tertiary/aromatic N) is 2. The van der Waals surface area contributed by atoms with Crippen LogP contribution in [-0.2, 0) is 4.79 Å². The van der Waals surface area contributed by atoms with Crippen LogP contribution in [0.25, 0.3) is 0 Å². The van der Waals surface area contributed by atoms with E-state index < -0.39 is 0 Å². The molecule has 2 aliphatic rings. The van der Waals surface area contributed by atoms with E-state index in [9.17, 15) is 4.79 Å². The number of likely N-dealkylation sites (tertiary alicyclic amines) is 1. The van der Waals surface area contributed by atoms with E-state index in [1.54, 1.807) is 11.8 Å². The molecule has 0 radical (unpaired) electrons. The van der Waals surface area contributed by atoms with Crippen LogP contribution >= 0.6 is 11.8 Å². The average Bonchev–Trinajstić information content (AvgIpc) is 2.71. The number of carbonyl (C=O) groups excluding carboxylic acids is 1. The molecule has 0 atom stereocenters. The molecule has 88 valence electrons. The number of piperidine rings is 1. The van der Waals surface area contributed by atoms with Crippen LogP contribution in [0.5, 0.6) is 0 Å². The van der Waals surface area contributed by atoms with Gasteiger partial charge in [-0.05, 0) is 44.4 Å². The second-order valence-corrected chi connectivity index (χ2v) is 5.29. The minimum Gasteiger partial charge on any atom is -0.351 e. The van der Waals surface area contributed by atoms with Gasteiger partial charge in [0.2, 0.25) is 0 Å². The second kappa shape index (κ2) is 5.04. The Kier molecular flexibility index (Phi) is 3.69. The number of thioether (sulfide) groups is 1. The maximum absolute atomic E-state index is 11.7. The van der Waals surface area contributed by atoms with Crippen molar-refractivity contribution in [2.45, 2.75) is 39.5 Å². The van der Waals surface area contributed by atoms with Crippen molar-refractivity contribution < 1.29 is 4.79 Å². The Bertz CT molecular complexity index is 354. The number of allylic oxidation sites excluding steroid dienone is 1. The Morgan fingerprint density at radius 2 is 2.06 bits per heavy atom. The smallest absolute Gasteiger partial charge is 0.286 e. The molecular formula is C12H18N2OS.